The maximum atomic E-state index is 12.5. The summed E-state index contributed by atoms with van der Waals surface area (Å²) in [6.07, 6.45) is -0.318. The van der Waals surface area contributed by atoms with Crippen molar-refractivity contribution >= 4 is 23.8 Å². The molecule has 1 aromatic heterocycles. The molecule has 3 rings (SSSR count). The minimum Gasteiger partial charge on any atom is -0.494 e. The summed E-state index contributed by atoms with van der Waals surface area (Å²) >= 11 is 1.36. The van der Waals surface area contributed by atoms with Crippen LogP contribution in [0.15, 0.2) is 41.4 Å². The predicted molar refractivity (Wildman–Crippen MR) is 115 cm³/mol. The lowest BCUT2D eigenvalue weighted by atomic mass is 10.1. The van der Waals surface area contributed by atoms with Crippen LogP contribution in [0.3, 0.4) is 0 Å². The van der Waals surface area contributed by atoms with Gasteiger partial charge in [-0.05, 0) is 50.2 Å². The number of ether oxygens (including phenoxy) is 2. The van der Waals surface area contributed by atoms with E-state index >= 15 is 0 Å². The lowest BCUT2D eigenvalue weighted by molar-refractivity contribution is -0.129. The molecule has 2 heterocycles. The maximum absolute atomic E-state index is 12.5. The monoisotopic (exact) mass is 430 g/mol. The van der Waals surface area contributed by atoms with Gasteiger partial charge in [0.05, 0.1) is 24.7 Å². The van der Waals surface area contributed by atoms with Gasteiger partial charge in [-0.25, -0.2) is 4.79 Å². The van der Waals surface area contributed by atoms with Crippen molar-refractivity contribution in [2.75, 3.05) is 45.1 Å². The number of amides is 2. The van der Waals surface area contributed by atoms with Crippen LogP contribution in [0.4, 0.5) is 4.79 Å². The number of hydrogen-bond donors (Lipinski definition) is 0. The number of carbonyl (C=O) groups excluding carboxylic acids is 2. The minimum atomic E-state index is -0.318. The first-order chi connectivity index (χ1) is 14.6. The number of piperazine rings is 1. The molecule has 0 radical (unpaired) electrons. The van der Waals surface area contributed by atoms with Crippen molar-refractivity contribution in [3.05, 3.63) is 36.4 Å². The molecular formula is C21H26N4O4S. The van der Waals surface area contributed by atoms with E-state index in [4.69, 9.17) is 9.47 Å². The lowest BCUT2D eigenvalue weighted by Gasteiger charge is -2.34. The summed E-state index contributed by atoms with van der Waals surface area (Å²) in [5.41, 5.74) is 1.72. The number of aromatic nitrogens is 2. The molecule has 0 saturated carbocycles. The van der Waals surface area contributed by atoms with Gasteiger partial charge in [-0.3, -0.25) is 4.79 Å². The Balaban J connectivity index is 1.47. The van der Waals surface area contributed by atoms with E-state index in [9.17, 15) is 9.59 Å². The van der Waals surface area contributed by atoms with Gasteiger partial charge < -0.3 is 19.3 Å². The molecule has 1 aliphatic rings. The molecule has 30 heavy (non-hydrogen) atoms. The molecule has 0 spiro atoms. The van der Waals surface area contributed by atoms with E-state index < -0.39 is 0 Å². The molecule has 2 aromatic rings. The Morgan fingerprint density at radius 1 is 0.933 bits per heavy atom. The highest BCUT2D eigenvalue weighted by Gasteiger charge is 2.24. The Bertz CT molecular complexity index is 837. The fourth-order valence-corrected chi connectivity index (χ4v) is 3.74. The third-order valence-electron chi connectivity index (χ3n) is 4.60. The van der Waals surface area contributed by atoms with Gasteiger partial charge in [0.1, 0.15) is 10.8 Å². The zero-order valence-corrected chi connectivity index (χ0v) is 18.1. The molecule has 1 saturated heterocycles. The molecule has 9 heteroatoms. The standard InChI is InChI=1S/C21H26N4O4S/c1-3-28-17-7-5-16(6-8-17)18-9-10-19(23-22-18)30-15-20(26)24-11-13-25(14-12-24)21(27)29-4-2/h5-10H,3-4,11-15H2,1-2H3. The number of carbonyl (C=O) groups is 2. The zero-order chi connectivity index (χ0) is 21.3. The van der Waals surface area contributed by atoms with Crippen molar-refractivity contribution in [1.82, 2.24) is 20.0 Å². The Morgan fingerprint density at radius 3 is 2.23 bits per heavy atom. The normalized spacial score (nSPS) is 13.8. The van der Waals surface area contributed by atoms with Crippen molar-refractivity contribution in [3.8, 4) is 17.0 Å². The van der Waals surface area contributed by atoms with Crippen LogP contribution in [0.2, 0.25) is 0 Å². The molecule has 2 amide bonds. The number of thioether (sulfide) groups is 1. The minimum absolute atomic E-state index is 0.0286. The van der Waals surface area contributed by atoms with Crippen molar-refractivity contribution in [1.29, 1.82) is 0 Å². The zero-order valence-electron chi connectivity index (χ0n) is 17.2. The molecule has 1 aliphatic heterocycles. The molecule has 1 aromatic carbocycles. The molecule has 0 unspecified atom stereocenters. The Morgan fingerprint density at radius 2 is 1.63 bits per heavy atom. The number of benzene rings is 1. The van der Waals surface area contributed by atoms with Crippen LogP contribution >= 0.6 is 11.8 Å². The highest BCUT2D eigenvalue weighted by atomic mass is 32.2. The average Bonchev–Trinajstić information content (AvgIpc) is 2.79. The molecule has 160 valence electrons. The quantitative estimate of drug-likeness (QED) is 0.625. The van der Waals surface area contributed by atoms with E-state index in [1.807, 2.05) is 43.3 Å². The van der Waals surface area contributed by atoms with Gasteiger partial charge in [-0.1, -0.05) is 11.8 Å². The molecule has 1 fully saturated rings. The van der Waals surface area contributed by atoms with Crippen molar-refractivity contribution in [3.63, 3.8) is 0 Å². The Labute approximate surface area is 180 Å². The first-order valence-electron chi connectivity index (χ1n) is 10.00. The summed E-state index contributed by atoms with van der Waals surface area (Å²) < 4.78 is 10.4. The van der Waals surface area contributed by atoms with Crippen molar-refractivity contribution in [2.24, 2.45) is 0 Å². The van der Waals surface area contributed by atoms with Crippen LogP contribution in [0.25, 0.3) is 11.3 Å². The second-order valence-corrected chi connectivity index (χ2v) is 7.57. The fourth-order valence-electron chi connectivity index (χ4n) is 3.02. The SMILES string of the molecule is CCOC(=O)N1CCN(C(=O)CSc2ccc(-c3ccc(OCC)cc3)nn2)CC1. The maximum Gasteiger partial charge on any atom is 0.409 e. The van der Waals surface area contributed by atoms with E-state index in [1.54, 1.807) is 16.7 Å². The van der Waals surface area contributed by atoms with Crippen LogP contribution in [0.1, 0.15) is 13.8 Å². The van der Waals surface area contributed by atoms with Crippen LogP contribution < -0.4 is 4.74 Å². The van der Waals surface area contributed by atoms with Crippen molar-refractivity contribution in [2.45, 2.75) is 18.9 Å². The van der Waals surface area contributed by atoms with E-state index in [0.29, 0.717) is 44.4 Å². The summed E-state index contributed by atoms with van der Waals surface area (Å²) in [6, 6.07) is 11.5. The summed E-state index contributed by atoms with van der Waals surface area (Å²) in [5.74, 6) is 1.14. The number of hydrogen-bond acceptors (Lipinski definition) is 7. The molecular weight excluding hydrogens is 404 g/mol. The van der Waals surface area contributed by atoms with Gasteiger partial charge in [0, 0.05) is 31.7 Å². The highest BCUT2D eigenvalue weighted by Crippen LogP contribution is 2.22. The van der Waals surface area contributed by atoms with E-state index in [1.165, 1.54) is 11.8 Å². The van der Waals surface area contributed by atoms with Gasteiger partial charge >= 0.3 is 6.09 Å². The molecule has 0 atom stereocenters. The molecule has 0 bridgehead atoms. The predicted octanol–water partition coefficient (Wildman–Crippen LogP) is 2.94. The van der Waals surface area contributed by atoms with Gasteiger partial charge in [-0.15, -0.1) is 10.2 Å². The van der Waals surface area contributed by atoms with Crippen molar-refractivity contribution < 1.29 is 19.1 Å². The highest BCUT2D eigenvalue weighted by molar-refractivity contribution is 7.99. The summed E-state index contributed by atoms with van der Waals surface area (Å²) in [6.45, 7) is 6.73. The second-order valence-electron chi connectivity index (χ2n) is 6.57. The van der Waals surface area contributed by atoms with Crippen LogP contribution in [-0.4, -0.2) is 77.1 Å². The third kappa shape index (κ3) is 5.85. The summed E-state index contributed by atoms with van der Waals surface area (Å²) in [5, 5.41) is 9.19. The molecule has 8 nitrogen and oxygen atoms in total. The summed E-state index contributed by atoms with van der Waals surface area (Å²) in [4.78, 5) is 27.6. The smallest absolute Gasteiger partial charge is 0.409 e. The third-order valence-corrected chi connectivity index (χ3v) is 5.51. The summed E-state index contributed by atoms with van der Waals surface area (Å²) in [7, 11) is 0. The van der Waals surface area contributed by atoms with E-state index in [-0.39, 0.29) is 17.8 Å². The first-order valence-corrected chi connectivity index (χ1v) is 11.0. The van der Waals surface area contributed by atoms with Gasteiger partial charge in [0.15, 0.2) is 0 Å². The topological polar surface area (TPSA) is 84.9 Å². The number of nitrogens with zero attached hydrogens (tertiary/aromatic N) is 4. The average molecular weight is 431 g/mol. The Kier molecular flexibility index (Phi) is 7.89. The van der Waals surface area contributed by atoms with E-state index in [0.717, 1.165) is 17.0 Å². The van der Waals surface area contributed by atoms with E-state index in [2.05, 4.69) is 10.2 Å². The second kappa shape index (κ2) is 10.8. The van der Waals surface area contributed by atoms with Gasteiger partial charge in [0.25, 0.3) is 0 Å². The van der Waals surface area contributed by atoms with Gasteiger partial charge in [0.2, 0.25) is 5.91 Å². The lowest BCUT2D eigenvalue weighted by Crippen LogP contribution is -2.51. The Hall–Kier alpha value is -2.81. The van der Waals surface area contributed by atoms with Crippen LogP contribution in [0.5, 0.6) is 5.75 Å². The fraction of sp³-hybridized carbons (Fsp3) is 0.429. The largest absolute Gasteiger partial charge is 0.494 e. The first kappa shape index (κ1) is 21.9. The van der Waals surface area contributed by atoms with Crippen LogP contribution in [0, 0.1) is 0 Å². The number of rotatable bonds is 7. The van der Waals surface area contributed by atoms with Gasteiger partial charge in [-0.2, -0.15) is 0 Å². The molecule has 0 N–H and O–H groups in total. The van der Waals surface area contributed by atoms with Crippen LogP contribution in [-0.2, 0) is 9.53 Å². The molecule has 0 aliphatic carbocycles.